The number of ether oxygens (including phenoxy) is 1. The Morgan fingerprint density at radius 1 is 1.43 bits per heavy atom. The molecule has 3 heteroatoms. The predicted molar refractivity (Wildman–Crippen MR) is 57.5 cm³/mol. The number of hydrogen-bond acceptors (Lipinski definition) is 2. The maximum atomic E-state index is 11.3. The van der Waals surface area contributed by atoms with Gasteiger partial charge >= 0.3 is 5.97 Å². The first kappa shape index (κ1) is 9.71. The standard InChI is InChI=1S/C11H11BrO2/c1-14-11(13)9-4-8(7-2-3-7)5-10(12)6-9/h4-7H,2-3H2,1H3. The zero-order chi connectivity index (χ0) is 10.1. The van der Waals surface area contributed by atoms with E-state index in [2.05, 4.69) is 26.7 Å². The summed E-state index contributed by atoms with van der Waals surface area (Å²) in [5.74, 6) is 0.379. The van der Waals surface area contributed by atoms with E-state index in [-0.39, 0.29) is 5.97 Å². The first-order valence-electron chi connectivity index (χ1n) is 4.59. The van der Waals surface area contributed by atoms with Gasteiger partial charge in [-0.1, -0.05) is 15.9 Å². The third-order valence-electron chi connectivity index (χ3n) is 2.39. The maximum absolute atomic E-state index is 11.3. The van der Waals surface area contributed by atoms with Crippen LogP contribution in [0.15, 0.2) is 22.7 Å². The highest BCUT2D eigenvalue weighted by Gasteiger charge is 2.24. The molecule has 0 aliphatic heterocycles. The minimum atomic E-state index is -0.270. The Labute approximate surface area is 91.4 Å². The van der Waals surface area contributed by atoms with E-state index >= 15 is 0 Å². The number of methoxy groups -OCH3 is 1. The molecule has 2 rings (SSSR count). The van der Waals surface area contributed by atoms with Gasteiger partial charge in [-0.15, -0.1) is 0 Å². The van der Waals surface area contributed by atoms with Crippen molar-refractivity contribution in [1.29, 1.82) is 0 Å². The Morgan fingerprint density at radius 3 is 2.71 bits per heavy atom. The van der Waals surface area contributed by atoms with Crippen molar-refractivity contribution >= 4 is 21.9 Å². The van der Waals surface area contributed by atoms with E-state index in [0.29, 0.717) is 11.5 Å². The van der Waals surface area contributed by atoms with Gasteiger partial charge in [-0.2, -0.15) is 0 Å². The van der Waals surface area contributed by atoms with Gasteiger partial charge in [0.2, 0.25) is 0 Å². The van der Waals surface area contributed by atoms with Gasteiger partial charge in [0.25, 0.3) is 0 Å². The Balaban J connectivity index is 2.35. The van der Waals surface area contributed by atoms with Gasteiger partial charge in [-0.3, -0.25) is 0 Å². The Kier molecular flexibility index (Phi) is 2.59. The third kappa shape index (κ3) is 1.98. The van der Waals surface area contributed by atoms with Crippen molar-refractivity contribution in [1.82, 2.24) is 0 Å². The molecular formula is C11H11BrO2. The van der Waals surface area contributed by atoms with Gasteiger partial charge in [-0.05, 0) is 42.5 Å². The summed E-state index contributed by atoms with van der Waals surface area (Å²) in [6, 6.07) is 5.79. The van der Waals surface area contributed by atoms with Crippen LogP contribution in [0.3, 0.4) is 0 Å². The minimum Gasteiger partial charge on any atom is -0.465 e. The van der Waals surface area contributed by atoms with E-state index in [1.165, 1.54) is 25.5 Å². The highest BCUT2D eigenvalue weighted by Crippen LogP contribution is 2.41. The summed E-state index contributed by atoms with van der Waals surface area (Å²) in [5, 5.41) is 0. The number of hydrogen-bond donors (Lipinski definition) is 0. The lowest BCUT2D eigenvalue weighted by Crippen LogP contribution is -2.01. The van der Waals surface area contributed by atoms with Crippen LogP contribution in [-0.4, -0.2) is 13.1 Å². The molecule has 0 N–H and O–H groups in total. The lowest BCUT2D eigenvalue weighted by molar-refractivity contribution is 0.0600. The first-order valence-corrected chi connectivity index (χ1v) is 5.39. The molecule has 0 atom stereocenters. The molecule has 74 valence electrons. The SMILES string of the molecule is COC(=O)c1cc(Br)cc(C2CC2)c1. The molecule has 1 fully saturated rings. The number of carbonyl (C=O) groups is 1. The Bertz CT molecular complexity index is 370. The summed E-state index contributed by atoms with van der Waals surface area (Å²) in [6.45, 7) is 0. The number of esters is 1. The molecule has 0 heterocycles. The smallest absolute Gasteiger partial charge is 0.337 e. The van der Waals surface area contributed by atoms with E-state index in [0.717, 1.165) is 4.47 Å². The molecule has 14 heavy (non-hydrogen) atoms. The van der Waals surface area contributed by atoms with Gasteiger partial charge in [0, 0.05) is 4.47 Å². The molecule has 0 radical (unpaired) electrons. The molecule has 2 nitrogen and oxygen atoms in total. The molecule has 1 saturated carbocycles. The Morgan fingerprint density at radius 2 is 2.14 bits per heavy atom. The number of rotatable bonds is 2. The second kappa shape index (κ2) is 3.73. The lowest BCUT2D eigenvalue weighted by atomic mass is 10.1. The topological polar surface area (TPSA) is 26.3 Å². The highest BCUT2D eigenvalue weighted by molar-refractivity contribution is 9.10. The van der Waals surface area contributed by atoms with Gasteiger partial charge < -0.3 is 4.74 Å². The summed E-state index contributed by atoms with van der Waals surface area (Å²) in [6.07, 6.45) is 2.47. The van der Waals surface area contributed by atoms with Crippen molar-refractivity contribution in [2.75, 3.05) is 7.11 Å². The van der Waals surface area contributed by atoms with Gasteiger partial charge in [0.05, 0.1) is 12.7 Å². The van der Waals surface area contributed by atoms with Gasteiger partial charge in [0.1, 0.15) is 0 Å². The monoisotopic (exact) mass is 254 g/mol. The fraction of sp³-hybridized carbons (Fsp3) is 0.364. The molecule has 0 aromatic heterocycles. The summed E-state index contributed by atoms with van der Waals surface area (Å²) in [5.41, 5.74) is 1.86. The van der Waals surface area contributed by atoms with Crippen LogP contribution < -0.4 is 0 Å². The van der Waals surface area contributed by atoms with E-state index in [1.807, 2.05) is 6.07 Å². The molecule has 0 spiro atoms. The zero-order valence-corrected chi connectivity index (χ0v) is 9.50. The van der Waals surface area contributed by atoms with Crippen molar-refractivity contribution in [2.45, 2.75) is 18.8 Å². The van der Waals surface area contributed by atoms with Crippen molar-refractivity contribution in [2.24, 2.45) is 0 Å². The molecule has 0 unspecified atom stereocenters. The molecule has 0 saturated heterocycles. The summed E-state index contributed by atoms with van der Waals surface area (Å²) in [7, 11) is 1.40. The quantitative estimate of drug-likeness (QED) is 0.759. The van der Waals surface area contributed by atoms with Crippen LogP contribution in [-0.2, 0) is 4.74 Å². The first-order chi connectivity index (χ1) is 6.70. The summed E-state index contributed by atoms with van der Waals surface area (Å²) < 4.78 is 5.63. The second-order valence-electron chi connectivity index (χ2n) is 3.54. The molecule has 1 aromatic rings. The molecule has 0 bridgehead atoms. The largest absolute Gasteiger partial charge is 0.465 e. The maximum Gasteiger partial charge on any atom is 0.337 e. The van der Waals surface area contributed by atoms with Crippen LogP contribution in [0.2, 0.25) is 0 Å². The third-order valence-corrected chi connectivity index (χ3v) is 2.85. The van der Waals surface area contributed by atoms with Crippen LogP contribution in [0.5, 0.6) is 0 Å². The van der Waals surface area contributed by atoms with Crippen LogP contribution in [0, 0.1) is 0 Å². The predicted octanol–water partition coefficient (Wildman–Crippen LogP) is 3.11. The van der Waals surface area contributed by atoms with E-state index in [1.54, 1.807) is 6.07 Å². The summed E-state index contributed by atoms with van der Waals surface area (Å²) >= 11 is 3.40. The van der Waals surface area contributed by atoms with E-state index < -0.39 is 0 Å². The number of carbonyl (C=O) groups excluding carboxylic acids is 1. The second-order valence-corrected chi connectivity index (χ2v) is 4.45. The van der Waals surface area contributed by atoms with Crippen molar-refractivity contribution < 1.29 is 9.53 Å². The Hall–Kier alpha value is -0.830. The van der Waals surface area contributed by atoms with Crippen LogP contribution in [0.4, 0.5) is 0 Å². The minimum absolute atomic E-state index is 0.270. The fourth-order valence-corrected chi connectivity index (χ4v) is 2.01. The van der Waals surface area contributed by atoms with Crippen LogP contribution >= 0.6 is 15.9 Å². The van der Waals surface area contributed by atoms with Crippen molar-refractivity contribution in [3.05, 3.63) is 33.8 Å². The average Bonchev–Trinajstić information content (AvgIpc) is 2.98. The highest BCUT2D eigenvalue weighted by atomic mass is 79.9. The molecular weight excluding hydrogens is 244 g/mol. The summed E-state index contributed by atoms with van der Waals surface area (Å²) in [4.78, 5) is 11.3. The van der Waals surface area contributed by atoms with Crippen LogP contribution in [0.25, 0.3) is 0 Å². The lowest BCUT2D eigenvalue weighted by Gasteiger charge is -2.04. The average molecular weight is 255 g/mol. The zero-order valence-electron chi connectivity index (χ0n) is 7.92. The van der Waals surface area contributed by atoms with E-state index in [9.17, 15) is 4.79 Å². The van der Waals surface area contributed by atoms with E-state index in [4.69, 9.17) is 0 Å². The molecule has 1 aliphatic carbocycles. The molecule has 0 amide bonds. The molecule has 1 aromatic carbocycles. The number of halogens is 1. The molecule has 1 aliphatic rings. The normalized spacial score (nSPS) is 15.3. The fourth-order valence-electron chi connectivity index (χ4n) is 1.50. The van der Waals surface area contributed by atoms with Crippen molar-refractivity contribution in [3.8, 4) is 0 Å². The van der Waals surface area contributed by atoms with Gasteiger partial charge in [0.15, 0.2) is 0 Å². The van der Waals surface area contributed by atoms with Gasteiger partial charge in [-0.25, -0.2) is 4.79 Å². The van der Waals surface area contributed by atoms with Crippen molar-refractivity contribution in [3.63, 3.8) is 0 Å². The van der Waals surface area contributed by atoms with Crippen LogP contribution in [0.1, 0.15) is 34.7 Å². The number of benzene rings is 1.